The van der Waals surface area contributed by atoms with E-state index in [0.29, 0.717) is 12.3 Å². The molecule has 20 heavy (non-hydrogen) atoms. The first kappa shape index (κ1) is 14.6. The number of carbonyl (C=O) groups excluding carboxylic acids is 1. The fourth-order valence-electron chi connectivity index (χ4n) is 2.71. The molecule has 1 aromatic rings. The van der Waals surface area contributed by atoms with E-state index < -0.39 is 0 Å². The molecule has 1 aliphatic carbocycles. The third-order valence-electron chi connectivity index (χ3n) is 3.76. The first-order chi connectivity index (χ1) is 9.69. The van der Waals surface area contributed by atoms with E-state index >= 15 is 0 Å². The molecule has 0 heterocycles. The Morgan fingerprint density at radius 3 is 2.80 bits per heavy atom. The van der Waals surface area contributed by atoms with Gasteiger partial charge in [-0.25, -0.2) is 0 Å². The molecule has 0 aliphatic heterocycles. The number of hydrogen-bond donors (Lipinski definition) is 2. The monoisotopic (exact) mass is 271 g/mol. The Bertz CT molecular complexity index is 534. The lowest BCUT2D eigenvalue weighted by molar-refractivity contribution is -0.117. The van der Waals surface area contributed by atoms with Gasteiger partial charge in [0.05, 0.1) is 0 Å². The average molecular weight is 271 g/mol. The minimum Gasteiger partial charge on any atom is -0.384 e. The Labute approximate surface area is 120 Å². The lowest BCUT2D eigenvalue weighted by atomic mass is 10.0. The van der Waals surface area contributed by atoms with Crippen LogP contribution < -0.4 is 5.32 Å². The van der Waals surface area contributed by atoms with Gasteiger partial charge in [0.1, 0.15) is 6.61 Å². The molecular weight excluding hydrogens is 250 g/mol. The van der Waals surface area contributed by atoms with E-state index in [9.17, 15) is 4.79 Å². The summed E-state index contributed by atoms with van der Waals surface area (Å²) in [6, 6.07) is 5.66. The van der Waals surface area contributed by atoms with Crippen LogP contribution in [0, 0.1) is 24.7 Å². The predicted octanol–water partition coefficient (Wildman–Crippen LogP) is 2.86. The molecule has 1 aliphatic rings. The quantitative estimate of drug-likeness (QED) is 0.831. The third kappa shape index (κ3) is 4.11. The third-order valence-corrected chi connectivity index (χ3v) is 3.76. The SMILES string of the molecule is Cc1cc(NC(=O)CC2CCCC2)ccc1C#CCO. The fourth-order valence-corrected chi connectivity index (χ4v) is 2.71. The van der Waals surface area contributed by atoms with Gasteiger partial charge in [-0.2, -0.15) is 0 Å². The van der Waals surface area contributed by atoms with Crippen molar-refractivity contribution in [3.63, 3.8) is 0 Å². The highest BCUT2D eigenvalue weighted by Gasteiger charge is 2.18. The Balaban J connectivity index is 1.95. The second-order valence-electron chi connectivity index (χ2n) is 5.39. The number of aliphatic hydroxyl groups excluding tert-OH is 1. The van der Waals surface area contributed by atoms with Crippen molar-refractivity contribution < 1.29 is 9.90 Å². The number of benzene rings is 1. The number of anilines is 1. The van der Waals surface area contributed by atoms with Crippen LogP contribution in [0.2, 0.25) is 0 Å². The standard InChI is InChI=1S/C17H21NO2/c1-13-11-16(9-8-15(13)7-4-10-19)18-17(20)12-14-5-2-3-6-14/h8-9,11,14,19H,2-3,5-6,10,12H2,1H3,(H,18,20). The normalized spacial score (nSPS) is 14.7. The molecule has 1 fully saturated rings. The van der Waals surface area contributed by atoms with Gasteiger partial charge in [0.25, 0.3) is 0 Å². The molecule has 3 nitrogen and oxygen atoms in total. The van der Waals surface area contributed by atoms with Crippen LogP contribution in [-0.4, -0.2) is 17.6 Å². The van der Waals surface area contributed by atoms with Crippen molar-refractivity contribution in [1.82, 2.24) is 0 Å². The molecule has 0 spiro atoms. The minimum atomic E-state index is -0.140. The maximum absolute atomic E-state index is 12.0. The maximum atomic E-state index is 12.0. The molecule has 2 rings (SSSR count). The van der Waals surface area contributed by atoms with Crippen LogP contribution in [0.1, 0.15) is 43.2 Å². The second-order valence-corrected chi connectivity index (χ2v) is 5.39. The lowest BCUT2D eigenvalue weighted by Gasteiger charge is -2.10. The van der Waals surface area contributed by atoms with Gasteiger partial charge in [-0.1, -0.05) is 24.7 Å². The van der Waals surface area contributed by atoms with Crippen LogP contribution in [0.25, 0.3) is 0 Å². The molecular formula is C17H21NO2. The molecule has 2 N–H and O–H groups in total. The van der Waals surface area contributed by atoms with Crippen molar-refractivity contribution in [3.8, 4) is 11.8 Å². The highest BCUT2D eigenvalue weighted by molar-refractivity contribution is 5.91. The summed E-state index contributed by atoms with van der Waals surface area (Å²) in [5.74, 6) is 6.18. The average Bonchev–Trinajstić information content (AvgIpc) is 2.90. The fraction of sp³-hybridized carbons (Fsp3) is 0.471. The molecule has 0 atom stereocenters. The van der Waals surface area contributed by atoms with Crippen LogP contribution >= 0.6 is 0 Å². The number of hydrogen-bond acceptors (Lipinski definition) is 2. The number of rotatable bonds is 3. The number of aliphatic hydroxyl groups is 1. The van der Waals surface area contributed by atoms with E-state index in [2.05, 4.69) is 17.2 Å². The predicted molar refractivity (Wildman–Crippen MR) is 80.3 cm³/mol. The van der Waals surface area contributed by atoms with Crippen LogP contribution in [0.15, 0.2) is 18.2 Å². The zero-order chi connectivity index (χ0) is 14.4. The van der Waals surface area contributed by atoms with Gasteiger partial charge in [0.2, 0.25) is 5.91 Å². The van der Waals surface area contributed by atoms with E-state index in [1.54, 1.807) is 0 Å². The number of amides is 1. The molecule has 106 valence electrons. The Morgan fingerprint density at radius 1 is 1.40 bits per heavy atom. The first-order valence-corrected chi connectivity index (χ1v) is 7.19. The Morgan fingerprint density at radius 2 is 2.15 bits per heavy atom. The van der Waals surface area contributed by atoms with E-state index in [4.69, 9.17) is 5.11 Å². The summed E-state index contributed by atoms with van der Waals surface area (Å²) in [6.45, 7) is 1.81. The summed E-state index contributed by atoms with van der Waals surface area (Å²) in [7, 11) is 0. The van der Waals surface area contributed by atoms with Gasteiger partial charge >= 0.3 is 0 Å². The zero-order valence-electron chi connectivity index (χ0n) is 11.9. The summed E-state index contributed by atoms with van der Waals surface area (Å²) in [6.07, 6.45) is 5.51. The smallest absolute Gasteiger partial charge is 0.224 e. The van der Waals surface area contributed by atoms with Crippen LogP contribution in [0.5, 0.6) is 0 Å². The van der Waals surface area contributed by atoms with E-state index in [1.165, 1.54) is 25.7 Å². The zero-order valence-corrected chi connectivity index (χ0v) is 11.9. The summed E-state index contributed by atoms with van der Waals surface area (Å²) >= 11 is 0. The lowest BCUT2D eigenvalue weighted by Crippen LogP contribution is -2.15. The van der Waals surface area contributed by atoms with Crippen molar-refractivity contribution in [2.24, 2.45) is 5.92 Å². The first-order valence-electron chi connectivity index (χ1n) is 7.19. The molecule has 1 amide bonds. The minimum absolute atomic E-state index is 0.102. The maximum Gasteiger partial charge on any atom is 0.224 e. The van der Waals surface area contributed by atoms with E-state index in [-0.39, 0.29) is 12.5 Å². The van der Waals surface area contributed by atoms with E-state index in [0.717, 1.165) is 16.8 Å². The molecule has 0 bridgehead atoms. The van der Waals surface area contributed by atoms with Gasteiger partial charge in [-0.05, 0) is 49.4 Å². The van der Waals surface area contributed by atoms with Crippen molar-refractivity contribution in [2.45, 2.75) is 39.0 Å². The van der Waals surface area contributed by atoms with Crippen LogP contribution in [-0.2, 0) is 4.79 Å². The number of aryl methyl sites for hydroxylation is 1. The molecule has 0 aromatic heterocycles. The van der Waals surface area contributed by atoms with Gasteiger partial charge in [0, 0.05) is 17.7 Å². The van der Waals surface area contributed by atoms with Crippen molar-refractivity contribution in [1.29, 1.82) is 0 Å². The van der Waals surface area contributed by atoms with Crippen LogP contribution in [0.4, 0.5) is 5.69 Å². The molecule has 0 radical (unpaired) electrons. The van der Waals surface area contributed by atoms with Gasteiger partial charge in [-0.3, -0.25) is 4.79 Å². The number of nitrogens with one attached hydrogen (secondary N) is 1. The largest absolute Gasteiger partial charge is 0.384 e. The molecule has 1 saturated carbocycles. The molecule has 1 aromatic carbocycles. The van der Waals surface area contributed by atoms with Crippen molar-refractivity contribution in [2.75, 3.05) is 11.9 Å². The van der Waals surface area contributed by atoms with E-state index in [1.807, 2.05) is 25.1 Å². The molecule has 0 saturated heterocycles. The molecule has 0 unspecified atom stereocenters. The highest BCUT2D eigenvalue weighted by atomic mass is 16.2. The van der Waals surface area contributed by atoms with Gasteiger partial charge in [0.15, 0.2) is 0 Å². The summed E-state index contributed by atoms with van der Waals surface area (Å²) in [4.78, 5) is 12.0. The summed E-state index contributed by atoms with van der Waals surface area (Å²) in [5, 5.41) is 11.7. The highest BCUT2D eigenvalue weighted by Crippen LogP contribution is 2.27. The van der Waals surface area contributed by atoms with Gasteiger partial charge in [-0.15, -0.1) is 0 Å². The number of carbonyl (C=O) groups is 1. The second kappa shape index (κ2) is 7.12. The molecule has 3 heteroatoms. The summed E-state index contributed by atoms with van der Waals surface area (Å²) < 4.78 is 0. The van der Waals surface area contributed by atoms with Gasteiger partial charge < -0.3 is 10.4 Å². The Kier molecular flexibility index (Phi) is 5.20. The Hall–Kier alpha value is -1.79. The van der Waals surface area contributed by atoms with Crippen molar-refractivity contribution in [3.05, 3.63) is 29.3 Å². The van der Waals surface area contributed by atoms with Crippen LogP contribution in [0.3, 0.4) is 0 Å². The van der Waals surface area contributed by atoms with Crippen molar-refractivity contribution >= 4 is 11.6 Å². The topological polar surface area (TPSA) is 49.3 Å². The summed E-state index contributed by atoms with van der Waals surface area (Å²) in [5.41, 5.74) is 2.71.